The van der Waals surface area contributed by atoms with Gasteiger partial charge in [-0.3, -0.25) is 0 Å². The van der Waals surface area contributed by atoms with E-state index in [0.29, 0.717) is 19.6 Å². The second-order valence-corrected chi connectivity index (χ2v) is 5.48. The highest BCUT2D eigenvalue weighted by Crippen LogP contribution is 2.15. The Morgan fingerprint density at radius 3 is 2.63 bits per heavy atom. The van der Waals surface area contributed by atoms with Gasteiger partial charge in [-0.2, -0.15) is 0 Å². The van der Waals surface area contributed by atoms with E-state index in [-0.39, 0.29) is 0 Å². The smallest absolute Gasteiger partial charge is 0.0765 e. The number of aryl methyl sites for hydroxylation is 1. The van der Waals surface area contributed by atoms with Crippen molar-refractivity contribution in [2.24, 2.45) is 0 Å². The summed E-state index contributed by atoms with van der Waals surface area (Å²) in [5, 5.41) is 13.5. The summed E-state index contributed by atoms with van der Waals surface area (Å²) in [7, 11) is 1.66. The van der Waals surface area contributed by atoms with Crippen LogP contribution in [-0.4, -0.2) is 35.5 Å². The molecule has 0 saturated carbocycles. The summed E-state index contributed by atoms with van der Waals surface area (Å²) in [6.07, 6.45) is 0.643. The van der Waals surface area contributed by atoms with E-state index in [9.17, 15) is 5.11 Å². The van der Waals surface area contributed by atoms with Crippen LogP contribution in [0.3, 0.4) is 0 Å². The predicted molar refractivity (Wildman–Crippen MR) is 78.4 cm³/mol. The molecule has 0 aliphatic carbocycles. The normalized spacial score (nSPS) is 14.6. The van der Waals surface area contributed by atoms with Gasteiger partial charge in [-0.1, -0.05) is 0 Å². The minimum Gasteiger partial charge on any atom is -0.389 e. The highest BCUT2D eigenvalue weighted by molar-refractivity contribution is 5.26. The zero-order valence-electron chi connectivity index (χ0n) is 12.9. The van der Waals surface area contributed by atoms with Crippen LogP contribution >= 0.6 is 0 Å². The van der Waals surface area contributed by atoms with E-state index in [1.807, 2.05) is 6.92 Å². The van der Waals surface area contributed by atoms with Crippen molar-refractivity contribution >= 4 is 0 Å². The first-order chi connectivity index (χ1) is 8.91. The molecule has 1 unspecified atom stereocenters. The van der Waals surface area contributed by atoms with Crippen LogP contribution in [0, 0.1) is 13.8 Å². The summed E-state index contributed by atoms with van der Waals surface area (Å²) in [4.78, 5) is 0. The Bertz CT molecular complexity index is 397. The fraction of sp³-hybridized carbons (Fsp3) is 0.733. The third-order valence-electron chi connectivity index (χ3n) is 3.66. The lowest BCUT2D eigenvalue weighted by molar-refractivity contribution is 0.0247. The standard InChI is InChI=1S/C15H28N2O2/c1-6-17-12(2)9-14(13(17)3)10-16-11-15(4,18)7-8-19-5/h9,16,18H,6-8,10-11H2,1-5H3. The van der Waals surface area contributed by atoms with Crippen LogP contribution in [0.2, 0.25) is 0 Å². The predicted octanol–water partition coefficient (Wildman–Crippen LogP) is 2.00. The molecule has 0 aliphatic heterocycles. The molecule has 19 heavy (non-hydrogen) atoms. The summed E-state index contributed by atoms with van der Waals surface area (Å²) < 4.78 is 7.31. The van der Waals surface area contributed by atoms with E-state index in [1.54, 1.807) is 7.11 Å². The minimum atomic E-state index is -0.716. The molecule has 1 rings (SSSR count). The van der Waals surface area contributed by atoms with Crippen molar-refractivity contribution in [1.82, 2.24) is 9.88 Å². The molecule has 0 radical (unpaired) electrons. The number of nitrogens with one attached hydrogen (secondary N) is 1. The van der Waals surface area contributed by atoms with Crippen LogP contribution in [0.5, 0.6) is 0 Å². The second kappa shape index (κ2) is 7.08. The third kappa shape index (κ3) is 4.64. The third-order valence-corrected chi connectivity index (χ3v) is 3.66. The molecule has 1 atom stereocenters. The molecule has 4 nitrogen and oxygen atoms in total. The molecule has 1 heterocycles. The Balaban J connectivity index is 2.49. The molecule has 0 amide bonds. The molecule has 0 aromatic carbocycles. The zero-order valence-corrected chi connectivity index (χ0v) is 12.9. The van der Waals surface area contributed by atoms with Gasteiger partial charge >= 0.3 is 0 Å². The van der Waals surface area contributed by atoms with E-state index < -0.39 is 5.60 Å². The molecule has 1 aromatic rings. The van der Waals surface area contributed by atoms with Crippen LogP contribution < -0.4 is 5.32 Å². The molecule has 4 heteroatoms. The first kappa shape index (κ1) is 16.2. The number of methoxy groups -OCH3 is 1. The van der Waals surface area contributed by atoms with Crippen molar-refractivity contribution < 1.29 is 9.84 Å². The van der Waals surface area contributed by atoms with Gasteiger partial charge in [0.1, 0.15) is 0 Å². The monoisotopic (exact) mass is 268 g/mol. The van der Waals surface area contributed by atoms with E-state index in [4.69, 9.17) is 4.74 Å². The molecule has 2 N–H and O–H groups in total. The Morgan fingerprint density at radius 2 is 2.11 bits per heavy atom. The topological polar surface area (TPSA) is 46.4 Å². The molecule has 0 spiro atoms. The Labute approximate surface area is 116 Å². The first-order valence-corrected chi connectivity index (χ1v) is 6.99. The van der Waals surface area contributed by atoms with Gasteiger partial charge in [-0.15, -0.1) is 0 Å². The maximum atomic E-state index is 10.2. The van der Waals surface area contributed by atoms with Crippen molar-refractivity contribution in [2.75, 3.05) is 20.3 Å². The molecule has 0 fully saturated rings. The molecule has 0 saturated heterocycles. The lowest BCUT2D eigenvalue weighted by Crippen LogP contribution is -2.38. The highest BCUT2D eigenvalue weighted by Gasteiger charge is 2.19. The van der Waals surface area contributed by atoms with Gasteiger partial charge in [-0.25, -0.2) is 0 Å². The average Bonchev–Trinajstić information content (AvgIpc) is 2.61. The number of ether oxygens (including phenoxy) is 1. The van der Waals surface area contributed by atoms with Gasteiger partial charge < -0.3 is 19.7 Å². The van der Waals surface area contributed by atoms with Crippen molar-refractivity contribution in [2.45, 2.75) is 52.8 Å². The van der Waals surface area contributed by atoms with Crippen LogP contribution in [0.1, 0.15) is 37.2 Å². The molecular formula is C15H28N2O2. The van der Waals surface area contributed by atoms with Crippen molar-refractivity contribution in [3.63, 3.8) is 0 Å². The van der Waals surface area contributed by atoms with E-state index in [2.05, 4.69) is 36.7 Å². The fourth-order valence-corrected chi connectivity index (χ4v) is 2.41. The van der Waals surface area contributed by atoms with Crippen molar-refractivity contribution in [3.05, 3.63) is 23.0 Å². The van der Waals surface area contributed by atoms with Gasteiger partial charge in [0.25, 0.3) is 0 Å². The minimum absolute atomic E-state index is 0.576. The number of hydrogen-bond donors (Lipinski definition) is 2. The van der Waals surface area contributed by atoms with Gasteiger partial charge in [0.05, 0.1) is 5.60 Å². The summed E-state index contributed by atoms with van der Waals surface area (Å²) >= 11 is 0. The molecular weight excluding hydrogens is 240 g/mol. The fourth-order valence-electron chi connectivity index (χ4n) is 2.41. The molecule has 110 valence electrons. The zero-order chi connectivity index (χ0) is 14.5. The maximum Gasteiger partial charge on any atom is 0.0765 e. The molecule has 0 aliphatic rings. The molecule has 0 bridgehead atoms. The van der Waals surface area contributed by atoms with Crippen LogP contribution in [0.15, 0.2) is 6.07 Å². The van der Waals surface area contributed by atoms with Gasteiger partial charge in [0.15, 0.2) is 0 Å². The number of aliphatic hydroxyl groups is 1. The lowest BCUT2D eigenvalue weighted by atomic mass is 10.0. The van der Waals surface area contributed by atoms with Crippen molar-refractivity contribution in [1.29, 1.82) is 0 Å². The van der Waals surface area contributed by atoms with E-state index in [0.717, 1.165) is 13.1 Å². The summed E-state index contributed by atoms with van der Waals surface area (Å²) in [6.45, 7) is 11.2. The van der Waals surface area contributed by atoms with Gasteiger partial charge in [0.2, 0.25) is 0 Å². The quantitative estimate of drug-likeness (QED) is 0.758. The number of hydrogen-bond acceptors (Lipinski definition) is 3. The number of nitrogens with zero attached hydrogens (tertiary/aromatic N) is 1. The van der Waals surface area contributed by atoms with E-state index in [1.165, 1.54) is 17.0 Å². The second-order valence-electron chi connectivity index (χ2n) is 5.48. The van der Waals surface area contributed by atoms with Crippen molar-refractivity contribution in [3.8, 4) is 0 Å². The van der Waals surface area contributed by atoms with E-state index >= 15 is 0 Å². The Kier molecular flexibility index (Phi) is 6.04. The number of aromatic nitrogens is 1. The lowest BCUT2D eigenvalue weighted by Gasteiger charge is -2.23. The van der Waals surface area contributed by atoms with Crippen LogP contribution in [-0.2, 0) is 17.8 Å². The highest BCUT2D eigenvalue weighted by atomic mass is 16.5. The summed E-state index contributed by atoms with van der Waals surface area (Å²) in [6, 6.07) is 2.22. The maximum absolute atomic E-state index is 10.2. The largest absolute Gasteiger partial charge is 0.389 e. The van der Waals surface area contributed by atoms with Crippen LogP contribution in [0.4, 0.5) is 0 Å². The Morgan fingerprint density at radius 1 is 1.42 bits per heavy atom. The average molecular weight is 268 g/mol. The molecule has 1 aromatic heterocycles. The van der Waals surface area contributed by atoms with Gasteiger partial charge in [-0.05, 0) is 39.3 Å². The van der Waals surface area contributed by atoms with Gasteiger partial charge in [0, 0.05) is 51.2 Å². The summed E-state index contributed by atoms with van der Waals surface area (Å²) in [5.74, 6) is 0. The summed E-state index contributed by atoms with van der Waals surface area (Å²) in [5.41, 5.74) is 3.19. The Hall–Kier alpha value is -0.840. The number of rotatable bonds is 8. The van der Waals surface area contributed by atoms with Crippen LogP contribution in [0.25, 0.3) is 0 Å². The first-order valence-electron chi connectivity index (χ1n) is 6.99. The SMILES string of the molecule is CCn1c(C)cc(CNCC(C)(O)CCOC)c1C.